The Hall–Kier alpha value is -0.150. The van der Waals surface area contributed by atoms with Crippen LogP contribution in [0.5, 0.6) is 5.75 Å². The van der Waals surface area contributed by atoms with Gasteiger partial charge in [0.15, 0.2) is 0 Å². The van der Waals surface area contributed by atoms with Gasteiger partial charge in [0, 0.05) is 12.6 Å². The number of hydrogen-bond donors (Lipinski definition) is 1. The van der Waals surface area contributed by atoms with Gasteiger partial charge < -0.3 is 10.1 Å². The van der Waals surface area contributed by atoms with E-state index >= 15 is 0 Å². The zero-order chi connectivity index (χ0) is 13.7. The van der Waals surface area contributed by atoms with Crippen molar-refractivity contribution in [2.24, 2.45) is 5.92 Å². The zero-order valence-corrected chi connectivity index (χ0v) is 13.0. The molecule has 1 aromatic carbocycles. The highest BCUT2D eigenvalue weighted by atomic mass is 35.5. The number of ether oxygens (including phenoxy) is 1. The van der Waals surface area contributed by atoms with E-state index in [4.69, 9.17) is 39.5 Å². The SMILES string of the molecule is CCNCC(Oc1cc(Cl)c(Cl)cc1Cl)C(C)C. The summed E-state index contributed by atoms with van der Waals surface area (Å²) in [4.78, 5) is 0. The summed E-state index contributed by atoms with van der Waals surface area (Å²) in [5.74, 6) is 0.942. The third-order valence-corrected chi connectivity index (χ3v) is 3.61. The number of benzene rings is 1. The molecule has 0 heterocycles. The fourth-order valence-electron chi connectivity index (χ4n) is 1.46. The van der Waals surface area contributed by atoms with Gasteiger partial charge in [-0.1, -0.05) is 55.6 Å². The summed E-state index contributed by atoms with van der Waals surface area (Å²) in [5.41, 5.74) is 0. The van der Waals surface area contributed by atoms with Gasteiger partial charge in [0.1, 0.15) is 11.9 Å². The fraction of sp³-hybridized carbons (Fsp3) is 0.538. The van der Waals surface area contributed by atoms with Crippen LogP contribution in [0, 0.1) is 5.92 Å². The van der Waals surface area contributed by atoms with Crippen LogP contribution in [0.2, 0.25) is 15.1 Å². The van der Waals surface area contributed by atoms with Crippen molar-refractivity contribution in [1.29, 1.82) is 0 Å². The van der Waals surface area contributed by atoms with Crippen LogP contribution >= 0.6 is 34.8 Å². The van der Waals surface area contributed by atoms with Gasteiger partial charge in [-0.15, -0.1) is 0 Å². The van der Waals surface area contributed by atoms with E-state index in [0.29, 0.717) is 26.7 Å². The molecule has 0 amide bonds. The molecule has 0 saturated carbocycles. The summed E-state index contributed by atoms with van der Waals surface area (Å²) in [6, 6.07) is 3.26. The van der Waals surface area contributed by atoms with Gasteiger partial charge in [0.2, 0.25) is 0 Å². The van der Waals surface area contributed by atoms with Crippen molar-refractivity contribution in [3.05, 3.63) is 27.2 Å². The van der Waals surface area contributed by atoms with Crippen LogP contribution in [0.25, 0.3) is 0 Å². The molecule has 0 aliphatic rings. The molecule has 0 aliphatic heterocycles. The molecule has 1 aromatic rings. The topological polar surface area (TPSA) is 21.3 Å². The van der Waals surface area contributed by atoms with Crippen molar-refractivity contribution in [1.82, 2.24) is 5.32 Å². The lowest BCUT2D eigenvalue weighted by Crippen LogP contribution is -2.35. The second-order valence-corrected chi connectivity index (χ2v) is 5.63. The van der Waals surface area contributed by atoms with Crippen molar-refractivity contribution in [2.75, 3.05) is 13.1 Å². The van der Waals surface area contributed by atoms with Crippen molar-refractivity contribution in [3.8, 4) is 5.75 Å². The normalized spacial score (nSPS) is 12.8. The third-order valence-electron chi connectivity index (χ3n) is 2.59. The molecule has 1 N–H and O–H groups in total. The number of likely N-dealkylation sites (N-methyl/N-ethyl adjacent to an activating group) is 1. The third kappa shape index (κ3) is 4.51. The van der Waals surface area contributed by atoms with E-state index in [-0.39, 0.29) is 6.10 Å². The molecule has 1 unspecified atom stereocenters. The molecule has 1 rings (SSSR count). The highest BCUT2D eigenvalue weighted by molar-refractivity contribution is 6.43. The summed E-state index contributed by atoms with van der Waals surface area (Å²) >= 11 is 17.9. The molecule has 0 aliphatic carbocycles. The number of rotatable bonds is 6. The molecule has 0 saturated heterocycles. The van der Waals surface area contributed by atoms with Crippen LogP contribution in [-0.2, 0) is 0 Å². The standard InChI is InChI=1S/C13H18Cl3NO/c1-4-17-7-13(8(2)3)18-12-6-10(15)9(14)5-11(12)16/h5-6,8,13,17H,4,7H2,1-3H3. The Balaban J connectivity index is 2.83. The van der Waals surface area contributed by atoms with E-state index in [1.54, 1.807) is 12.1 Å². The van der Waals surface area contributed by atoms with Crippen molar-refractivity contribution < 1.29 is 4.74 Å². The average molecular weight is 311 g/mol. The Kier molecular flexibility index (Phi) is 6.58. The first-order valence-corrected chi connectivity index (χ1v) is 7.11. The first-order valence-electron chi connectivity index (χ1n) is 5.97. The predicted octanol–water partition coefficient (Wildman–Crippen LogP) is 4.66. The maximum absolute atomic E-state index is 6.10. The smallest absolute Gasteiger partial charge is 0.139 e. The summed E-state index contributed by atoms with van der Waals surface area (Å²) < 4.78 is 5.91. The van der Waals surface area contributed by atoms with Crippen LogP contribution in [0.1, 0.15) is 20.8 Å². The minimum Gasteiger partial charge on any atom is -0.487 e. The Bertz CT molecular complexity index is 396. The Labute approximate surface area is 124 Å². The lowest BCUT2D eigenvalue weighted by Gasteiger charge is -2.23. The molecule has 102 valence electrons. The first kappa shape index (κ1) is 15.9. The van der Waals surface area contributed by atoms with Crippen LogP contribution in [0.15, 0.2) is 12.1 Å². The molecule has 0 aromatic heterocycles. The molecular weight excluding hydrogens is 293 g/mol. The molecule has 18 heavy (non-hydrogen) atoms. The van der Waals surface area contributed by atoms with Gasteiger partial charge in [0.25, 0.3) is 0 Å². The molecule has 0 spiro atoms. The van der Waals surface area contributed by atoms with Crippen LogP contribution < -0.4 is 10.1 Å². The van der Waals surface area contributed by atoms with Gasteiger partial charge in [-0.2, -0.15) is 0 Å². The maximum atomic E-state index is 6.10. The van der Waals surface area contributed by atoms with E-state index in [2.05, 4.69) is 26.1 Å². The predicted molar refractivity (Wildman–Crippen MR) is 79.3 cm³/mol. The zero-order valence-electron chi connectivity index (χ0n) is 10.8. The van der Waals surface area contributed by atoms with Gasteiger partial charge in [-0.3, -0.25) is 0 Å². The van der Waals surface area contributed by atoms with E-state index < -0.39 is 0 Å². The molecule has 0 fully saturated rings. The van der Waals surface area contributed by atoms with Crippen molar-refractivity contribution >= 4 is 34.8 Å². The van der Waals surface area contributed by atoms with Gasteiger partial charge in [-0.05, 0) is 18.5 Å². The van der Waals surface area contributed by atoms with Crippen molar-refractivity contribution in [3.63, 3.8) is 0 Å². The van der Waals surface area contributed by atoms with Gasteiger partial charge >= 0.3 is 0 Å². The lowest BCUT2D eigenvalue weighted by molar-refractivity contribution is 0.150. The Morgan fingerprint density at radius 1 is 1.11 bits per heavy atom. The second-order valence-electron chi connectivity index (χ2n) is 4.40. The molecule has 1 atom stereocenters. The quantitative estimate of drug-likeness (QED) is 0.772. The number of hydrogen-bond acceptors (Lipinski definition) is 2. The lowest BCUT2D eigenvalue weighted by atomic mass is 10.1. The average Bonchev–Trinajstić information content (AvgIpc) is 2.30. The fourth-order valence-corrected chi connectivity index (χ4v) is 2.04. The largest absolute Gasteiger partial charge is 0.487 e. The second kappa shape index (κ2) is 7.44. The van der Waals surface area contributed by atoms with Crippen LogP contribution in [0.4, 0.5) is 0 Å². The molecular formula is C13H18Cl3NO. The summed E-state index contributed by atoms with van der Waals surface area (Å²) in [5, 5.41) is 4.63. The van der Waals surface area contributed by atoms with E-state index in [9.17, 15) is 0 Å². The minimum absolute atomic E-state index is 0.0414. The number of nitrogens with one attached hydrogen (secondary N) is 1. The molecule has 0 radical (unpaired) electrons. The summed E-state index contributed by atoms with van der Waals surface area (Å²) in [7, 11) is 0. The Morgan fingerprint density at radius 3 is 2.28 bits per heavy atom. The monoisotopic (exact) mass is 309 g/mol. The maximum Gasteiger partial charge on any atom is 0.139 e. The first-order chi connectivity index (χ1) is 8.45. The summed E-state index contributed by atoms with van der Waals surface area (Å²) in [6.45, 7) is 7.94. The van der Waals surface area contributed by atoms with Gasteiger partial charge in [0.05, 0.1) is 15.1 Å². The van der Waals surface area contributed by atoms with Crippen molar-refractivity contribution in [2.45, 2.75) is 26.9 Å². The molecule has 2 nitrogen and oxygen atoms in total. The Morgan fingerprint density at radius 2 is 1.72 bits per heavy atom. The minimum atomic E-state index is 0.0414. The van der Waals surface area contributed by atoms with Crippen LogP contribution in [0.3, 0.4) is 0 Å². The highest BCUT2D eigenvalue weighted by Gasteiger charge is 2.17. The van der Waals surface area contributed by atoms with Crippen LogP contribution in [-0.4, -0.2) is 19.2 Å². The number of halogens is 3. The van der Waals surface area contributed by atoms with E-state index in [1.165, 1.54) is 0 Å². The van der Waals surface area contributed by atoms with Gasteiger partial charge in [-0.25, -0.2) is 0 Å². The molecule has 5 heteroatoms. The van der Waals surface area contributed by atoms with E-state index in [1.807, 2.05) is 0 Å². The summed E-state index contributed by atoms with van der Waals surface area (Å²) in [6.07, 6.45) is 0.0414. The molecule has 0 bridgehead atoms. The highest BCUT2D eigenvalue weighted by Crippen LogP contribution is 2.34. The van der Waals surface area contributed by atoms with E-state index in [0.717, 1.165) is 13.1 Å².